The molecule has 1 fully saturated rings. The van der Waals surface area contributed by atoms with Gasteiger partial charge in [0, 0.05) is 29.9 Å². The number of anilines is 1. The number of nitrogens with zero attached hydrogens (tertiary/aromatic N) is 2. The zero-order valence-electron chi connectivity index (χ0n) is 11.8. The summed E-state index contributed by atoms with van der Waals surface area (Å²) in [6.45, 7) is 5.42. The number of benzene rings is 1. The van der Waals surface area contributed by atoms with Crippen LogP contribution in [0.2, 0.25) is 0 Å². The van der Waals surface area contributed by atoms with E-state index in [0.29, 0.717) is 18.0 Å². The SMILES string of the molecule is Cc1cc(N2CCC(C)C(O)C2)c2cccc(F)c2n1. The number of aryl methyl sites for hydroxylation is 1. The lowest BCUT2D eigenvalue weighted by molar-refractivity contribution is 0.103. The van der Waals surface area contributed by atoms with Gasteiger partial charge in [0.1, 0.15) is 11.3 Å². The lowest BCUT2D eigenvalue weighted by Crippen LogP contribution is -2.43. The molecule has 4 heteroatoms. The number of hydrogen-bond acceptors (Lipinski definition) is 3. The van der Waals surface area contributed by atoms with Crippen LogP contribution in [0.25, 0.3) is 10.9 Å². The number of pyridine rings is 1. The monoisotopic (exact) mass is 274 g/mol. The van der Waals surface area contributed by atoms with E-state index in [1.807, 2.05) is 19.1 Å². The van der Waals surface area contributed by atoms with E-state index in [2.05, 4.69) is 16.8 Å². The van der Waals surface area contributed by atoms with Gasteiger partial charge in [0.2, 0.25) is 0 Å². The zero-order chi connectivity index (χ0) is 14.3. The van der Waals surface area contributed by atoms with Crippen LogP contribution >= 0.6 is 0 Å². The molecule has 1 saturated heterocycles. The number of para-hydroxylation sites is 1. The van der Waals surface area contributed by atoms with Gasteiger partial charge >= 0.3 is 0 Å². The van der Waals surface area contributed by atoms with Gasteiger partial charge in [-0.05, 0) is 31.4 Å². The predicted molar refractivity (Wildman–Crippen MR) is 78.4 cm³/mol. The van der Waals surface area contributed by atoms with Crippen molar-refractivity contribution < 1.29 is 9.50 Å². The summed E-state index contributed by atoms with van der Waals surface area (Å²) < 4.78 is 13.9. The van der Waals surface area contributed by atoms with Crippen molar-refractivity contribution in [1.82, 2.24) is 4.98 Å². The van der Waals surface area contributed by atoms with Crippen LogP contribution in [-0.2, 0) is 0 Å². The Bertz CT molecular complexity index is 644. The molecule has 3 nitrogen and oxygen atoms in total. The van der Waals surface area contributed by atoms with Gasteiger partial charge in [0.15, 0.2) is 0 Å². The zero-order valence-corrected chi connectivity index (χ0v) is 11.8. The van der Waals surface area contributed by atoms with Crippen molar-refractivity contribution in [3.63, 3.8) is 0 Å². The maximum Gasteiger partial charge on any atom is 0.149 e. The number of aliphatic hydroxyl groups excluding tert-OH is 1. The summed E-state index contributed by atoms with van der Waals surface area (Å²) in [4.78, 5) is 6.44. The first-order valence-corrected chi connectivity index (χ1v) is 7.05. The molecule has 1 aromatic carbocycles. The van der Waals surface area contributed by atoms with E-state index >= 15 is 0 Å². The normalized spacial score (nSPS) is 23.3. The number of fused-ring (bicyclic) bond motifs is 1. The van der Waals surface area contributed by atoms with Crippen LogP contribution in [0, 0.1) is 18.7 Å². The highest BCUT2D eigenvalue weighted by Crippen LogP contribution is 2.31. The fourth-order valence-corrected chi connectivity index (χ4v) is 2.85. The lowest BCUT2D eigenvalue weighted by atomic mass is 9.95. The summed E-state index contributed by atoms with van der Waals surface area (Å²) in [5, 5.41) is 10.9. The topological polar surface area (TPSA) is 36.4 Å². The van der Waals surface area contributed by atoms with Gasteiger partial charge in [-0.2, -0.15) is 0 Å². The Hall–Kier alpha value is -1.68. The van der Waals surface area contributed by atoms with E-state index in [-0.39, 0.29) is 11.9 Å². The quantitative estimate of drug-likeness (QED) is 0.868. The van der Waals surface area contributed by atoms with Gasteiger partial charge < -0.3 is 10.0 Å². The molecule has 20 heavy (non-hydrogen) atoms. The molecule has 2 aromatic rings. The number of aliphatic hydroxyl groups is 1. The molecular weight excluding hydrogens is 255 g/mol. The van der Waals surface area contributed by atoms with Gasteiger partial charge in [0.25, 0.3) is 0 Å². The van der Waals surface area contributed by atoms with Gasteiger partial charge in [-0.3, -0.25) is 0 Å². The Kier molecular flexibility index (Phi) is 3.34. The Morgan fingerprint density at radius 1 is 1.40 bits per heavy atom. The highest BCUT2D eigenvalue weighted by Gasteiger charge is 2.25. The predicted octanol–water partition coefficient (Wildman–Crippen LogP) is 2.89. The van der Waals surface area contributed by atoms with Crippen LogP contribution in [-0.4, -0.2) is 29.3 Å². The van der Waals surface area contributed by atoms with Crippen LogP contribution in [0.1, 0.15) is 19.0 Å². The molecule has 2 unspecified atom stereocenters. The van der Waals surface area contributed by atoms with Crippen molar-refractivity contribution in [3.05, 3.63) is 35.8 Å². The van der Waals surface area contributed by atoms with Crippen molar-refractivity contribution >= 4 is 16.6 Å². The minimum atomic E-state index is -0.333. The molecule has 0 spiro atoms. The smallest absolute Gasteiger partial charge is 0.149 e. The van der Waals surface area contributed by atoms with E-state index in [9.17, 15) is 9.50 Å². The maximum atomic E-state index is 13.9. The Balaban J connectivity index is 2.09. The summed E-state index contributed by atoms with van der Waals surface area (Å²) in [6.07, 6.45) is 0.611. The van der Waals surface area contributed by atoms with E-state index in [0.717, 1.165) is 29.7 Å². The average Bonchev–Trinajstić information content (AvgIpc) is 2.42. The summed E-state index contributed by atoms with van der Waals surface area (Å²) in [6, 6.07) is 7.02. The van der Waals surface area contributed by atoms with Crippen LogP contribution in [0.3, 0.4) is 0 Å². The van der Waals surface area contributed by atoms with Gasteiger partial charge in [-0.1, -0.05) is 19.1 Å². The molecule has 0 saturated carbocycles. The van der Waals surface area contributed by atoms with E-state index in [1.165, 1.54) is 6.07 Å². The standard InChI is InChI=1S/C16H19FN2O/c1-10-6-7-19(9-15(10)20)14-8-11(2)18-16-12(14)4-3-5-13(16)17/h3-5,8,10,15,20H,6-7,9H2,1-2H3. The van der Waals surface area contributed by atoms with Crippen LogP contribution in [0.15, 0.2) is 24.3 Å². The molecule has 3 rings (SSSR count). The molecule has 1 aliphatic heterocycles. The number of rotatable bonds is 1. The first-order valence-electron chi connectivity index (χ1n) is 7.05. The Morgan fingerprint density at radius 2 is 2.20 bits per heavy atom. The second-order valence-corrected chi connectivity index (χ2v) is 5.70. The summed E-state index contributed by atoms with van der Waals surface area (Å²) >= 11 is 0. The second kappa shape index (κ2) is 5.02. The number of piperidine rings is 1. The minimum absolute atomic E-state index is 0.293. The molecule has 1 aliphatic rings. The Labute approximate surface area is 118 Å². The number of β-amino-alcohol motifs (C(OH)–C–C–N with tert-alkyl or cyclic N) is 1. The molecule has 2 heterocycles. The van der Waals surface area contributed by atoms with Crippen LogP contribution in [0.5, 0.6) is 0 Å². The molecule has 1 N–H and O–H groups in total. The van der Waals surface area contributed by atoms with E-state index in [4.69, 9.17) is 0 Å². The Morgan fingerprint density at radius 3 is 2.95 bits per heavy atom. The largest absolute Gasteiger partial charge is 0.391 e. The highest BCUT2D eigenvalue weighted by atomic mass is 19.1. The molecule has 0 aliphatic carbocycles. The minimum Gasteiger partial charge on any atom is -0.391 e. The van der Waals surface area contributed by atoms with Crippen LogP contribution < -0.4 is 4.90 Å². The van der Waals surface area contributed by atoms with Gasteiger partial charge in [0.05, 0.1) is 6.10 Å². The van der Waals surface area contributed by atoms with Crippen molar-refractivity contribution in [1.29, 1.82) is 0 Å². The van der Waals surface area contributed by atoms with Gasteiger partial charge in [-0.25, -0.2) is 9.37 Å². The third kappa shape index (κ3) is 2.24. The average molecular weight is 274 g/mol. The molecule has 2 atom stereocenters. The molecule has 0 bridgehead atoms. The molecule has 0 radical (unpaired) electrons. The first kappa shape index (κ1) is 13.3. The number of aromatic nitrogens is 1. The summed E-state index contributed by atoms with van der Waals surface area (Å²) in [7, 11) is 0. The lowest BCUT2D eigenvalue weighted by Gasteiger charge is -2.36. The van der Waals surface area contributed by atoms with Crippen molar-refractivity contribution in [3.8, 4) is 0 Å². The summed E-state index contributed by atoms with van der Waals surface area (Å²) in [5.41, 5.74) is 2.18. The van der Waals surface area contributed by atoms with Crippen molar-refractivity contribution in [2.24, 2.45) is 5.92 Å². The fraction of sp³-hybridized carbons (Fsp3) is 0.438. The highest BCUT2D eigenvalue weighted by molar-refractivity contribution is 5.92. The summed E-state index contributed by atoms with van der Waals surface area (Å²) in [5.74, 6) is 0.0237. The van der Waals surface area contributed by atoms with Gasteiger partial charge in [-0.15, -0.1) is 0 Å². The third-order valence-corrected chi connectivity index (χ3v) is 4.16. The molecule has 106 valence electrons. The maximum absolute atomic E-state index is 13.9. The second-order valence-electron chi connectivity index (χ2n) is 5.70. The van der Waals surface area contributed by atoms with E-state index in [1.54, 1.807) is 6.07 Å². The molecule has 0 amide bonds. The third-order valence-electron chi connectivity index (χ3n) is 4.16. The van der Waals surface area contributed by atoms with Crippen molar-refractivity contribution in [2.45, 2.75) is 26.4 Å². The van der Waals surface area contributed by atoms with Crippen LogP contribution in [0.4, 0.5) is 10.1 Å². The number of halogens is 1. The van der Waals surface area contributed by atoms with E-state index < -0.39 is 0 Å². The molecular formula is C16H19FN2O. The first-order chi connectivity index (χ1) is 9.56. The molecule has 1 aromatic heterocycles. The van der Waals surface area contributed by atoms with Crippen molar-refractivity contribution in [2.75, 3.05) is 18.0 Å². The number of hydrogen-bond donors (Lipinski definition) is 1. The fourth-order valence-electron chi connectivity index (χ4n) is 2.85.